The lowest BCUT2D eigenvalue weighted by Gasteiger charge is -2.22. The molecule has 1 saturated carbocycles. The zero-order valence-corrected chi connectivity index (χ0v) is 16.2. The average Bonchev–Trinajstić information content (AvgIpc) is 3.44. The number of halogens is 1. The minimum atomic E-state index is -3.55. The lowest BCUT2D eigenvalue weighted by Crippen LogP contribution is -2.32. The number of sulfonamides is 1. The zero-order valence-electron chi connectivity index (χ0n) is 13.8. The molecule has 3 rings (SSSR count). The summed E-state index contributed by atoms with van der Waals surface area (Å²) in [5.41, 5.74) is 1.42. The van der Waals surface area contributed by atoms with Crippen molar-refractivity contribution in [2.75, 3.05) is 7.05 Å². The number of hydrogen-bond donors (Lipinski definition) is 1. The van der Waals surface area contributed by atoms with Gasteiger partial charge in [-0.2, -0.15) is 4.31 Å². The van der Waals surface area contributed by atoms with Crippen molar-refractivity contribution in [2.24, 2.45) is 0 Å². The summed E-state index contributed by atoms with van der Waals surface area (Å²) in [7, 11) is -1.97. The molecular formula is C18H19BrN2O3S. The summed E-state index contributed by atoms with van der Waals surface area (Å²) in [6.45, 7) is 0.303. The Hall–Kier alpha value is -1.70. The second-order valence-corrected chi connectivity index (χ2v) is 8.82. The highest BCUT2D eigenvalue weighted by molar-refractivity contribution is 9.10. The normalized spacial score (nSPS) is 14.5. The quantitative estimate of drug-likeness (QED) is 0.777. The van der Waals surface area contributed by atoms with Gasteiger partial charge in [-0.1, -0.05) is 28.1 Å². The van der Waals surface area contributed by atoms with E-state index in [1.54, 1.807) is 59.9 Å². The summed E-state index contributed by atoms with van der Waals surface area (Å²) < 4.78 is 28.4. The smallest absolute Gasteiger partial charge is 0.251 e. The Balaban J connectivity index is 1.84. The fourth-order valence-electron chi connectivity index (χ4n) is 2.60. The summed E-state index contributed by atoms with van der Waals surface area (Å²) >= 11 is 3.33. The maximum absolute atomic E-state index is 13.0. The van der Waals surface area contributed by atoms with Gasteiger partial charge in [0.05, 0.1) is 4.90 Å². The number of amides is 1. The third kappa shape index (κ3) is 4.11. The maximum atomic E-state index is 13.0. The summed E-state index contributed by atoms with van der Waals surface area (Å²) in [4.78, 5) is 11.9. The van der Waals surface area contributed by atoms with Gasteiger partial charge < -0.3 is 5.32 Å². The Bertz CT molecular complexity index is 860. The number of nitrogens with one attached hydrogen (secondary N) is 1. The number of hydrogen-bond acceptors (Lipinski definition) is 3. The van der Waals surface area contributed by atoms with Crippen LogP contribution in [0.5, 0.6) is 0 Å². The summed E-state index contributed by atoms with van der Waals surface area (Å²) in [5.74, 6) is -0.159. The first-order chi connectivity index (χ1) is 11.9. The number of rotatable bonds is 6. The second kappa shape index (κ2) is 7.27. The molecule has 1 fully saturated rings. The fourth-order valence-corrected chi connectivity index (χ4v) is 4.54. The molecule has 2 aromatic rings. The standard InChI is InChI=1S/C18H19BrN2O3S/c1-20-18(22)14-4-2-13(3-5-14)12-21(16-8-9-16)25(23,24)17-10-6-15(19)7-11-17/h2-7,10-11,16H,8-9,12H2,1H3,(H,20,22). The van der Waals surface area contributed by atoms with Gasteiger partial charge in [0.1, 0.15) is 0 Å². The van der Waals surface area contributed by atoms with Crippen LogP contribution in [0.15, 0.2) is 57.9 Å². The molecule has 0 heterocycles. The molecule has 0 radical (unpaired) electrons. The molecule has 0 spiro atoms. The average molecular weight is 423 g/mol. The van der Waals surface area contributed by atoms with Crippen molar-refractivity contribution in [1.29, 1.82) is 0 Å². The zero-order chi connectivity index (χ0) is 18.0. The molecule has 0 aliphatic heterocycles. The van der Waals surface area contributed by atoms with E-state index in [-0.39, 0.29) is 11.9 Å². The largest absolute Gasteiger partial charge is 0.355 e. The van der Waals surface area contributed by atoms with Gasteiger partial charge in [-0.15, -0.1) is 0 Å². The first-order valence-electron chi connectivity index (χ1n) is 8.00. The molecule has 0 bridgehead atoms. The van der Waals surface area contributed by atoms with Gasteiger partial charge in [-0.3, -0.25) is 4.79 Å². The predicted molar refractivity (Wildman–Crippen MR) is 99.7 cm³/mol. The van der Waals surface area contributed by atoms with Gasteiger partial charge in [-0.25, -0.2) is 8.42 Å². The van der Waals surface area contributed by atoms with Crippen LogP contribution < -0.4 is 5.32 Å². The molecule has 1 aliphatic rings. The Labute approximate surface area is 156 Å². The SMILES string of the molecule is CNC(=O)c1ccc(CN(C2CC2)S(=O)(=O)c2ccc(Br)cc2)cc1. The van der Waals surface area contributed by atoms with Crippen LogP contribution in [0.1, 0.15) is 28.8 Å². The molecule has 5 nitrogen and oxygen atoms in total. The third-order valence-corrected chi connectivity index (χ3v) is 6.60. The highest BCUT2D eigenvalue weighted by atomic mass is 79.9. The minimum absolute atomic E-state index is 0.0484. The molecule has 25 heavy (non-hydrogen) atoms. The van der Waals surface area contributed by atoms with E-state index in [4.69, 9.17) is 0 Å². The van der Waals surface area contributed by atoms with E-state index >= 15 is 0 Å². The Kier molecular flexibility index (Phi) is 5.27. The Morgan fingerprint density at radius 2 is 1.72 bits per heavy atom. The monoisotopic (exact) mass is 422 g/mol. The molecule has 0 atom stereocenters. The van der Waals surface area contributed by atoms with Crippen molar-refractivity contribution in [2.45, 2.75) is 30.3 Å². The summed E-state index contributed by atoms with van der Waals surface area (Å²) in [6, 6.07) is 13.8. The Morgan fingerprint density at radius 1 is 1.12 bits per heavy atom. The minimum Gasteiger partial charge on any atom is -0.355 e. The predicted octanol–water partition coefficient (Wildman–Crippen LogP) is 3.16. The number of carbonyl (C=O) groups excluding carboxylic acids is 1. The van der Waals surface area contributed by atoms with Crippen LogP contribution in [0.4, 0.5) is 0 Å². The van der Waals surface area contributed by atoms with Gasteiger partial charge >= 0.3 is 0 Å². The molecule has 0 saturated heterocycles. The first-order valence-corrected chi connectivity index (χ1v) is 10.2. The van der Waals surface area contributed by atoms with Gasteiger partial charge in [0, 0.05) is 29.7 Å². The molecule has 2 aromatic carbocycles. The maximum Gasteiger partial charge on any atom is 0.251 e. The number of benzene rings is 2. The van der Waals surface area contributed by atoms with Gasteiger partial charge in [0.25, 0.3) is 5.91 Å². The Morgan fingerprint density at radius 3 is 2.24 bits per heavy atom. The number of nitrogens with zero attached hydrogens (tertiary/aromatic N) is 1. The van der Waals surface area contributed by atoms with Crippen molar-refractivity contribution in [1.82, 2.24) is 9.62 Å². The van der Waals surface area contributed by atoms with Crippen molar-refractivity contribution in [3.63, 3.8) is 0 Å². The molecule has 7 heteroatoms. The van der Waals surface area contributed by atoms with E-state index in [1.807, 2.05) is 0 Å². The van der Waals surface area contributed by atoms with Crippen molar-refractivity contribution in [3.05, 3.63) is 64.1 Å². The van der Waals surface area contributed by atoms with Crippen LogP contribution >= 0.6 is 15.9 Å². The number of carbonyl (C=O) groups is 1. The van der Waals surface area contributed by atoms with Gasteiger partial charge in [0.2, 0.25) is 10.0 Å². The van der Waals surface area contributed by atoms with Crippen LogP contribution in [0.25, 0.3) is 0 Å². The lowest BCUT2D eigenvalue weighted by atomic mass is 10.1. The molecule has 132 valence electrons. The fraction of sp³-hybridized carbons (Fsp3) is 0.278. The van der Waals surface area contributed by atoms with E-state index in [0.29, 0.717) is 17.0 Å². The van der Waals surface area contributed by atoms with Crippen LogP contribution in [-0.2, 0) is 16.6 Å². The van der Waals surface area contributed by atoms with Crippen molar-refractivity contribution < 1.29 is 13.2 Å². The lowest BCUT2D eigenvalue weighted by molar-refractivity contribution is 0.0963. The summed E-state index contributed by atoms with van der Waals surface area (Å²) in [6.07, 6.45) is 1.76. The summed E-state index contributed by atoms with van der Waals surface area (Å²) in [5, 5.41) is 2.57. The second-order valence-electron chi connectivity index (χ2n) is 6.01. The molecule has 1 N–H and O–H groups in total. The molecule has 1 amide bonds. The van der Waals surface area contributed by atoms with E-state index in [1.165, 1.54) is 0 Å². The third-order valence-electron chi connectivity index (χ3n) is 4.16. The van der Waals surface area contributed by atoms with E-state index in [0.717, 1.165) is 22.9 Å². The van der Waals surface area contributed by atoms with Crippen LogP contribution in [0.3, 0.4) is 0 Å². The van der Waals surface area contributed by atoms with Crippen molar-refractivity contribution >= 4 is 31.9 Å². The van der Waals surface area contributed by atoms with Crippen molar-refractivity contribution in [3.8, 4) is 0 Å². The molecule has 0 aromatic heterocycles. The first kappa shape index (κ1) is 18.1. The van der Waals surface area contributed by atoms with Gasteiger partial charge in [0.15, 0.2) is 0 Å². The molecular weight excluding hydrogens is 404 g/mol. The van der Waals surface area contributed by atoms with E-state index < -0.39 is 10.0 Å². The molecule has 0 unspecified atom stereocenters. The topological polar surface area (TPSA) is 66.5 Å². The van der Waals surface area contributed by atoms with E-state index in [9.17, 15) is 13.2 Å². The molecule has 1 aliphatic carbocycles. The van der Waals surface area contributed by atoms with Crippen LogP contribution in [-0.4, -0.2) is 31.7 Å². The van der Waals surface area contributed by atoms with Crippen LogP contribution in [0, 0.1) is 0 Å². The highest BCUT2D eigenvalue weighted by Crippen LogP contribution is 2.33. The highest BCUT2D eigenvalue weighted by Gasteiger charge is 2.38. The van der Waals surface area contributed by atoms with E-state index in [2.05, 4.69) is 21.2 Å². The van der Waals surface area contributed by atoms with Crippen LogP contribution in [0.2, 0.25) is 0 Å². The van der Waals surface area contributed by atoms with Gasteiger partial charge in [-0.05, 0) is 54.8 Å².